The maximum atomic E-state index is 13.8. The zero-order valence-electron chi connectivity index (χ0n) is 13.9. The van der Waals surface area contributed by atoms with Crippen LogP contribution in [-0.4, -0.2) is 33.6 Å². The molecule has 2 aromatic rings. The van der Waals surface area contributed by atoms with Crippen molar-refractivity contribution in [3.63, 3.8) is 0 Å². The van der Waals surface area contributed by atoms with Crippen molar-refractivity contribution in [3.8, 4) is 0 Å². The maximum absolute atomic E-state index is 13.8. The van der Waals surface area contributed by atoms with Gasteiger partial charge in [-0.05, 0) is 37.1 Å². The van der Waals surface area contributed by atoms with Gasteiger partial charge in [0, 0.05) is 13.2 Å². The van der Waals surface area contributed by atoms with E-state index in [1.165, 1.54) is 24.3 Å². The first-order valence-corrected chi connectivity index (χ1v) is 9.72. The summed E-state index contributed by atoms with van der Waals surface area (Å²) in [7, 11) is -4.16. The second-order valence-corrected chi connectivity index (χ2v) is 7.58. The molecule has 1 heterocycles. The van der Waals surface area contributed by atoms with Crippen LogP contribution in [0, 0.1) is 5.82 Å². The fraction of sp³-hybridized carbons (Fsp3) is 0.278. The molecule has 138 valence electrons. The molecule has 0 aliphatic carbocycles. The van der Waals surface area contributed by atoms with E-state index in [0.29, 0.717) is 13.2 Å². The third-order valence-corrected chi connectivity index (χ3v) is 5.46. The van der Waals surface area contributed by atoms with Crippen LogP contribution in [0.25, 0.3) is 0 Å². The third kappa shape index (κ3) is 4.20. The minimum absolute atomic E-state index is 0.0266. The first-order chi connectivity index (χ1) is 12.5. The highest BCUT2D eigenvalue weighted by atomic mass is 32.2. The number of benzene rings is 2. The van der Waals surface area contributed by atoms with Crippen LogP contribution in [0.15, 0.2) is 53.4 Å². The van der Waals surface area contributed by atoms with E-state index in [1.54, 1.807) is 12.1 Å². The van der Waals surface area contributed by atoms with Gasteiger partial charge < -0.3 is 10.1 Å². The molecule has 0 aromatic heterocycles. The van der Waals surface area contributed by atoms with E-state index in [-0.39, 0.29) is 17.4 Å². The number of sulfonamides is 1. The lowest BCUT2D eigenvalue weighted by molar-refractivity contribution is 0.0858. The zero-order valence-corrected chi connectivity index (χ0v) is 14.8. The molecule has 0 radical (unpaired) electrons. The minimum atomic E-state index is -4.16. The van der Waals surface area contributed by atoms with Crippen LogP contribution in [-0.2, 0) is 14.8 Å². The molecule has 0 spiro atoms. The van der Waals surface area contributed by atoms with Crippen LogP contribution in [0.5, 0.6) is 0 Å². The Morgan fingerprint density at radius 2 is 1.88 bits per heavy atom. The first kappa shape index (κ1) is 18.3. The second kappa shape index (κ2) is 7.84. The normalized spacial score (nSPS) is 17.0. The van der Waals surface area contributed by atoms with Crippen LogP contribution < -0.4 is 10.0 Å². The molecule has 1 aliphatic heterocycles. The van der Waals surface area contributed by atoms with Gasteiger partial charge in [-0.15, -0.1) is 0 Å². The van der Waals surface area contributed by atoms with Crippen molar-refractivity contribution in [1.29, 1.82) is 0 Å². The Labute approximate surface area is 151 Å². The van der Waals surface area contributed by atoms with Gasteiger partial charge in [-0.1, -0.05) is 24.3 Å². The monoisotopic (exact) mass is 378 g/mol. The first-order valence-electron chi connectivity index (χ1n) is 8.23. The molecule has 8 heteroatoms. The van der Waals surface area contributed by atoms with Crippen molar-refractivity contribution in [2.75, 3.05) is 17.9 Å². The average Bonchev–Trinajstić information content (AvgIpc) is 3.13. The van der Waals surface area contributed by atoms with Crippen molar-refractivity contribution < 1.29 is 22.3 Å². The largest absolute Gasteiger partial charge is 0.376 e. The van der Waals surface area contributed by atoms with Gasteiger partial charge in [-0.3, -0.25) is 9.52 Å². The number of hydrogen-bond acceptors (Lipinski definition) is 4. The molecule has 0 bridgehead atoms. The van der Waals surface area contributed by atoms with E-state index in [1.807, 2.05) is 0 Å². The third-order valence-electron chi connectivity index (χ3n) is 4.06. The number of rotatable bonds is 6. The van der Waals surface area contributed by atoms with Crippen LogP contribution in [0.3, 0.4) is 0 Å². The number of ether oxygens (including phenoxy) is 1. The molecule has 2 aromatic carbocycles. The van der Waals surface area contributed by atoms with E-state index in [2.05, 4.69) is 10.0 Å². The van der Waals surface area contributed by atoms with Gasteiger partial charge in [0.1, 0.15) is 10.7 Å². The second-order valence-electron chi connectivity index (χ2n) is 5.93. The summed E-state index contributed by atoms with van der Waals surface area (Å²) in [6.07, 6.45) is 1.81. The lowest BCUT2D eigenvalue weighted by Gasteiger charge is -2.14. The van der Waals surface area contributed by atoms with Gasteiger partial charge in [0.2, 0.25) is 0 Å². The Morgan fingerprint density at radius 1 is 1.15 bits per heavy atom. The number of nitrogens with one attached hydrogen (secondary N) is 2. The van der Waals surface area contributed by atoms with Crippen molar-refractivity contribution in [3.05, 3.63) is 59.9 Å². The van der Waals surface area contributed by atoms with Gasteiger partial charge >= 0.3 is 0 Å². The van der Waals surface area contributed by atoms with Crippen LogP contribution in [0.4, 0.5) is 10.1 Å². The van der Waals surface area contributed by atoms with Crippen molar-refractivity contribution >= 4 is 21.6 Å². The number of halogens is 1. The molecular weight excluding hydrogens is 359 g/mol. The van der Waals surface area contributed by atoms with Gasteiger partial charge in [0.25, 0.3) is 15.9 Å². The minimum Gasteiger partial charge on any atom is -0.376 e. The van der Waals surface area contributed by atoms with Crippen LogP contribution in [0.2, 0.25) is 0 Å². The fourth-order valence-electron chi connectivity index (χ4n) is 2.74. The van der Waals surface area contributed by atoms with Crippen molar-refractivity contribution in [1.82, 2.24) is 5.32 Å². The van der Waals surface area contributed by atoms with Crippen molar-refractivity contribution in [2.45, 2.75) is 23.8 Å². The molecule has 0 unspecified atom stereocenters. The Kier molecular flexibility index (Phi) is 5.53. The molecule has 2 N–H and O–H groups in total. The predicted octanol–water partition coefficient (Wildman–Crippen LogP) is 2.54. The number of carbonyl (C=O) groups excluding carboxylic acids is 1. The summed E-state index contributed by atoms with van der Waals surface area (Å²) in [6, 6.07) is 11.2. The molecule has 6 nitrogen and oxygen atoms in total. The topological polar surface area (TPSA) is 84.5 Å². The molecule has 1 amide bonds. The van der Waals surface area contributed by atoms with Gasteiger partial charge in [-0.25, -0.2) is 12.8 Å². The molecule has 1 atom stereocenters. The molecule has 3 rings (SSSR count). The van der Waals surface area contributed by atoms with E-state index in [0.717, 1.165) is 25.0 Å². The standard InChI is InChI=1S/C18H19FN2O4S/c19-15-8-2-4-10-17(15)26(23,24)21-16-9-3-1-7-14(16)18(22)20-12-13-6-5-11-25-13/h1-4,7-10,13,21H,5-6,11-12H2,(H,20,22)/t13-/m1/s1. The van der Waals surface area contributed by atoms with E-state index < -0.39 is 26.6 Å². The summed E-state index contributed by atoms with van der Waals surface area (Å²) in [5.74, 6) is -1.28. The predicted molar refractivity (Wildman–Crippen MR) is 95.0 cm³/mol. The molecular formula is C18H19FN2O4S. The molecule has 0 saturated carbocycles. The zero-order chi connectivity index (χ0) is 18.6. The number of anilines is 1. The Balaban J connectivity index is 1.78. The highest BCUT2D eigenvalue weighted by Gasteiger charge is 2.22. The number of amides is 1. The molecule has 26 heavy (non-hydrogen) atoms. The highest BCUT2D eigenvalue weighted by Crippen LogP contribution is 2.22. The summed E-state index contributed by atoms with van der Waals surface area (Å²) in [6.45, 7) is 1.03. The van der Waals surface area contributed by atoms with E-state index in [9.17, 15) is 17.6 Å². The van der Waals surface area contributed by atoms with Crippen molar-refractivity contribution in [2.24, 2.45) is 0 Å². The summed E-state index contributed by atoms with van der Waals surface area (Å²) in [5.41, 5.74) is 0.242. The number of hydrogen-bond donors (Lipinski definition) is 2. The van der Waals surface area contributed by atoms with Gasteiger partial charge in [-0.2, -0.15) is 0 Å². The van der Waals surface area contributed by atoms with Gasteiger partial charge in [0.05, 0.1) is 17.4 Å². The summed E-state index contributed by atoms with van der Waals surface area (Å²) in [4.78, 5) is 12.0. The molecule has 1 aliphatic rings. The summed E-state index contributed by atoms with van der Waals surface area (Å²) in [5, 5.41) is 2.75. The SMILES string of the molecule is O=C(NC[C@H]1CCCO1)c1ccccc1NS(=O)(=O)c1ccccc1F. The Bertz CT molecular complexity index is 896. The summed E-state index contributed by atoms with van der Waals surface area (Å²) < 4.78 is 46.5. The lowest BCUT2D eigenvalue weighted by atomic mass is 10.1. The molecule has 1 saturated heterocycles. The van der Waals surface area contributed by atoms with Gasteiger partial charge in [0.15, 0.2) is 0 Å². The maximum Gasteiger partial charge on any atom is 0.264 e. The van der Waals surface area contributed by atoms with Crippen LogP contribution >= 0.6 is 0 Å². The Morgan fingerprint density at radius 3 is 2.62 bits per heavy atom. The number of carbonyl (C=O) groups is 1. The van der Waals surface area contributed by atoms with Crippen LogP contribution in [0.1, 0.15) is 23.2 Å². The van der Waals surface area contributed by atoms with E-state index in [4.69, 9.17) is 4.74 Å². The molecule has 1 fully saturated rings. The highest BCUT2D eigenvalue weighted by molar-refractivity contribution is 7.92. The summed E-state index contributed by atoms with van der Waals surface area (Å²) >= 11 is 0. The Hall–Kier alpha value is -2.45. The fourth-order valence-corrected chi connectivity index (χ4v) is 3.90. The number of para-hydroxylation sites is 1. The lowest BCUT2D eigenvalue weighted by Crippen LogP contribution is -2.32. The quantitative estimate of drug-likeness (QED) is 0.809. The average molecular weight is 378 g/mol. The van der Waals surface area contributed by atoms with E-state index >= 15 is 0 Å². The smallest absolute Gasteiger partial charge is 0.264 e.